The van der Waals surface area contributed by atoms with Gasteiger partial charge in [-0.25, -0.2) is 9.18 Å². The lowest BCUT2D eigenvalue weighted by Gasteiger charge is -2.11. The number of urea groups is 1. The molecular weight excluding hydrogens is 374 g/mol. The van der Waals surface area contributed by atoms with Gasteiger partial charge in [0.2, 0.25) is 5.13 Å². The van der Waals surface area contributed by atoms with Gasteiger partial charge in [-0.2, -0.15) is 13.2 Å². The normalized spacial score (nSPS) is 11.2. The maximum absolute atomic E-state index is 13.2. The first-order valence-electron chi connectivity index (χ1n) is 7.01. The number of pyridine rings is 1. The first kappa shape index (κ1) is 17.7. The van der Waals surface area contributed by atoms with Crippen molar-refractivity contribution in [1.82, 2.24) is 15.2 Å². The quantitative estimate of drug-likeness (QED) is 0.657. The molecule has 2 amide bonds. The molecule has 0 saturated heterocycles. The number of aromatic nitrogens is 3. The third-order valence-corrected chi connectivity index (χ3v) is 3.97. The van der Waals surface area contributed by atoms with E-state index in [1.54, 1.807) is 24.5 Å². The van der Waals surface area contributed by atoms with Crippen molar-refractivity contribution >= 4 is 28.2 Å². The lowest BCUT2D eigenvalue weighted by molar-refractivity contribution is -0.139. The molecule has 0 aliphatic rings. The van der Waals surface area contributed by atoms with Gasteiger partial charge in [-0.1, -0.05) is 11.3 Å². The summed E-state index contributed by atoms with van der Waals surface area (Å²) in [6, 6.07) is 4.79. The van der Waals surface area contributed by atoms with Crippen LogP contribution >= 0.6 is 11.3 Å². The number of amides is 2. The van der Waals surface area contributed by atoms with E-state index < -0.39 is 23.6 Å². The van der Waals surface area contributed by atoms with Crippen molar-refractivity contribution in [3.8, 4) is 10.6 Å². The number of benzene rings is 1. The van der Waals surface area contributed by atoms with Crippen molar-refractivity contribution < 1.29 is 22.4 Å². The van der Waals surface area contributed by atoms with Crippen molar-refractivity contribution in [2.24, 2.45) is 0 Å². The summed E-state index contributed by atoms with van der Waals surface area (Å²) in [5.41, 5.74) is -0.981. The van der Waals surface area contributed by atoms with Gasteiger partial charge in [-0.3, -0.25) is 10.3 Å². The minimum atomic E-state index is -4.86. The fraction of sp³-hybridized carbons (Fsp3) is 0.0667. The molecule has 0 radical (unpaired) electrons. The Morgan fingerprint density at radius 1 is 1.12 bits per heavy atom. The third kappa shape index (κ3) is 4.11. The summed E-state index contributed by atoms with van der Waals surface area (Å²) in [5, 5.41) is 12.9. The smallest absolute Gasteiger partial charge is 0.308 e. The van der Waals surface area contributed by atoms with Gasteiger partial charge in [0.05, 0.1) is 5.56 Å². The topological polar surface area (TPSA) is 79.8 Å². The Bertz CT molecular complexity index is 929. The highest BCUT2D eigenvalue weighted by atomic mass is 32.1. The molecule has 2 N–H and O–H groups in total. The van der Waals surface area contributed by atoms with Crippen LogP contribution in [-0.4, -0.2) is 21.2 Å². The summed E-state index contributed by atoms with van der Waals surface area (Å²) >= 11 is 1.06. The summed E-state index contributed by atoms with van der Waals surface area (Å²) in [7, 11) is 0. The van der Waals surface area contributed by atoms with Gasteiger partial charge in [0.15, 0.2) is 5.01 Å². The SMILES string of the molecule is O=C(Nc1ccc(F)c(C(F)(F)F)c1)Nc1nnc(-c2cccnc2)s1. The molecule has 0 aliphatic heterocycles. The van der Waals surface area contributed by atoms with Crippen molar-refractivity contribution in [1.29, 1.82) is 0 Å². The van der Waals surface area contributed by atoms with Gasteiger partial charge in [0.1, 0.15) is 5.82 Å². The minimum absolute atomic E-state index is 0.138. The highest BCUT2D eigenvalue weighted by Gasteiger charge is 2.34. The molecule has 1 aromatic carbocycles. The van der Waals surface area contributed by atoms with Crippen molar-refractivity contribution in [3.63, 3.8) is 0 Å². The third-order valence-electron chi connectivity index (χ3n) is 3.08. The van der Waals surface area contributed by atoms with Crippen molar-refractivity contribution in [3.05, 3.63) is 54.1 Å². The highest BCUT2D eigenvalue weighted by Crippen LogP contribution is 2.33. The van der Waals surface area contributed by atoms with Crippen molar-refractivity contribution in [2.75, 3.05) is 10.6 Å². The Morgan fingerprint density at radius 3 is 2.62 bits per heavy atom. The van der Waals surface area contributed by atoms with Gasteiger partial charge >= 0.3 is 12.2 Å². The van der Waals surface area contributed by atoms with E-state index in [2.05, 4.69) is 25.8 Å². The summed E-state index contributed by atoms with van der Waals surface area (Å²) < 4.78 is 51.3. The molecular formula is C15H9F4N5OS. The van der Waals surface area contributed by atoms with E-state index in [0.29, 0.717) is 22.7 Å². The molecule has 2 heterocycles. The Balaban J connectivity index is 1.69. The van der Waals surface area contributed by atoms with Crippen molar-refractivity contribution in [2.45, 2.75) is 6.18 Å². The molecule has 11 heteroatoms. The van der Waals surface area contributed by atoms with E-state index in [1.807, 2.05) is 0 Å². The zero-order valence-corrected chi connectivity index (χ0v) is 13.5. The van der Waals surface area contributed by atoms with E-state index >= 15 is 0 Å². The number of alkyl halides is 3. The number of anilines is 2. The van der Waals surface area contributed by atoms with Crippen LogP contribution < -0.4 is 10.6 Å². The number of carbonyl (C=O) groups is 1. The van der Waals surface area contributed by atoms with Crippen LogP contribution in [0.1, 0.15) is 5.56 Å². The number of nitrogens with zero attached hydrogens (tertiary/aromatic N) is 3. The zero-order valence-electron chi connectivity index (χ0n) is 12.7. The second kappa shape index (κ2) is 7.04. The van der Waals surface area contributed by atoms with Crippen LogP contribution in [0, 0.1) is 5.82 Å². The Labute approximate surface area is 147 Å². The van der Waals surface area contributed by atoms with E-state index in [-0.39, 0.29) is 10.8 Å². The van der Waals surface area contributed by atoms with Gasteiger partial charge in [0.25, 0.3) is 0 Å². The number of hydrogen-bond acceptors (Lipinski definition) is 5. The fourth-order valence-electron chi connectivity index (χ4n) is 1.96. The molecule has 0 fully saturated rings. The predicted molar refractivity (Wildman–Crippen MR) is 87.2 cm³/mol. The van der Waals surface area contributed by atoms with Crippen LogP contribution in [-0.2, 0) is 6.18 Å². The lowest BCUT2D eigenvalue weighted by Crippen LogP contribution is -2.20. The number of rotatable bonds is 3. The van der Waals surface area contributed by atoms with Crippen LogP contribution in [0.3, 0.4) is 0 Å². The molecule has 6 nitrogen and oxygen atoms in total. The van der Waals surface area contributed by atoms with E-state index in [0.717, 1.165) is 17.4 Å². The molecule has 3 aromatic rings. The monoisotopic (exact) mass is 383 g/mol. The number of halogens is 4. The van der Waals surface area contributed by atoms with E-state index in [1.165, 1.54) is 0 Å². The van der Waals surface area contributed by atoms with E-state index in [4.69, 9.17) is 0 Å². The van der Waals surface area contributed by atoms with Gasteiger partial charge in [-0.05, 0) is 30.3 Å². The van der Waals surface area contributed by atoms with Crippen LogP contribution in [0.15, 0.2) is 42.7 Å². The van der Waals surface area contributed by atoms with Gasteiger partial charge in [-0.15, -0.1) is 10.2 Å². The molecule has 0 unspecified atom stereocenters. The first-order valence-corrected chi connectivity index (χ1v) is 7.83. The standard InChI is InChI=1S/C15H9F4N5OS/c16-11-4-3-9(6-10(11)15(17,18)19)21-13(25)22-14-24-23-12(26-14)8-2-1-5-20-7-8/h1-7H,(H2,21,22,24,25). The molecule has 134 valence electrons. The second-order valence-electron chi connectivity index (χ2n) is 4.93. The largest absolute Gasteiger partial charge is 0.419 e. The second-order valence-corrected chi connectivity index (χ2v) is 5.90. The molecule has 0 aliphatic carbocycles. The Morgan fingerprint density at radius 2 is 1.92 bits per heavy atom. The molecule has 0 bridgehead atoms. The van der Waals surface area contributed by atoms with E-state index in [9.17, 15) is 22.4 Å². The van der Waals surface area contributed by atoms with Crippen LogP contribution in [0.25, 0.3) is 10.6 Å². The average Bonchev–Trinajstić information content (AvgIpc) is 3.05. The Kier molecular flexibility index (Phi) is 4.80. The summed E-state index contributed by atoms with van der Waals surface area (Å²) in [6.45, 7) is 0. The summed E-state index contributed by atoms with van der Waals surface area (Å²) in [4.78, 5) is 15.8. The highest BCUT2D eigenvalue weighted by molar-refractivity contribution is 7.18. The molecule has 0 saturated carbocycles. The average molecular weight is 383 g/mol. The molecule has 26 heavy (non-hydrogen) atoms. The first-order chi connectivity index (χ1) is 12.3. The molecule has 3 rings (SSSR count). The fourth-order valence-corrected chi connectivity index (χ4v) is 2.69. The maximum atomic E-state index is 13.2. The zero-order chi connectivity index (χ0) is 18.7. The summed E-state index contributed by atoms with van der Waals surface area (Å²) in [5.74, 6) is -1.42. The predicted octanol–water partition coefficient (Wildman–Crippen LogP) is 4.40. The van der Waals surface area contributed by atoms with Gasteiger partial charge < -0.3 is 5.32 Å². The number of carbonyl (C=O) groups excluding carboxylic acids is 1. The van der Waals surface area contributed by atoms with Crippen LogP contribution in [0.4, 0.5) is 33.2 Å². The Hall–Kier alpha value is -3.08. The summed E-state index contributed by atoms with van der Waals surface area (Å²) in [6.07, 6.45) is -1.70. The van der Waals surface area contributed by atoms with Crippen LogP contribution in [0.5, 0.6) is 0 Å². The molecule has 2 aromatic heterocycles. The molecule has 0 atom stereocenters. The minimum Gasteiger partial charge on any atom is -0.308 e. The van der Waals surface area contributed by atoms with Crippen LogP contribution in [0.2, 0.25) is 0 Å². The lowest BCUT2D eigenvalue weighted by atomic mass is 10.2. The number of hydrogen-bond donors (Lipinski definition) is 2. The molecule has 0 spiro atoms. The maximum Gasteiger partial charge on any atom is 0.419 e. The van der Waals surface area contributed by atoms with Gasteiger partial charge in [0, 0.05) is 23.6 Å². The number of nitrogens with one attached hydrogen (secondary N) is 2.